The predicted octanol–water partition coefficient (Wildman–Crippen LogP) is 3.78. The molecule has 0 unspecified atom stereocenters. The highest BCUT2D eigenvalue weighted by Crippen LogP contribution is 2.15. The molecule has 0 radical (unpaired) electrons. The number of ketones is 1. The largest absolute Gasteiger partial charge is 0.494 e. The maximum absolute atomic E-state index is 11.1. The van der Waals surface area contributed by atoms with E-state index in [0.717, 1.165) is 31.4 Å². The van der Waals surface area contributed by atoms with Gasteiger partial charge in [-0.1, -0.05) is 19.1 Å². The molecule has 0 atom stereocenters. The molecular formula is C15H22O2. The van der Waals surface area contributed by atoms with Crippen molar-refractivity contribution in [2.45, 2.75) is 46.0 Å². The zero-order valence-corrected chi connectivity index (χ0v) is 10.9. The first-order valence-corrected chi connectivity index (χ1v) is 6.49. The first-order valence-electron chi connectivity index (χ1n) is 6.49. The molecule has 0 aliphatic rings. The lowest BCUT2D eigenvalue weighted by molar-refractivity contribution is -0.118. The van der Waals surface area contributed by atoms with E-state index in [4.69, 9.17) is 4.74 Å². The molecule has 0 aliphatic carbocycles. The average molecular weight is 234 g/mol. The molecule has 0 bridgehead atoms. The molecule has 1 rings (SSSR count). The van der Waals surface area contributed by atoms with Crippen LogP contribution in [0.3, 0.4) is 0 Å². The van der Waals surface area contributed by atoms with Crippen molar-refractivity contribution in [2.24, 2.45) is 0 Å². The van der Waals surface area contributed by atoms with Gasteiger partial charge in [0.05, 0.1) is 6.61 Å². The van der Waals surface area contributed by atoms with Crippen LogP contribution in [0.5, 0.6) is 5.75 Å². The van der Waals surface area contributed by atoms with E-state index in [2.05, 4.69) is 12.1 Å². The van der Waals surface area contributed by atoms with E-state index >= 15 is 0 Å². The van der Waals surface area contributed by atoms with E-state index in [1.54, 1.807) is 0 Å². The third-order valence-corrected chi connectivity index (χ3v) is 2.77. The van der Waals surface area contributed by atoms with Crippen molar-refractivity contribution in [3.05, 3.63) is 29.8 Å². The number of hydrogen-bond acceptors (Lipinski definition) is 2. The Kier molecular flexibility index (Phi) is 6.38. The van der Waals surface area contributed by atoms with Gasteiger partial charge in [0.25, 0.3) is 0 Å². The Morgan fingerprint density at radius 3 is 2.76 bits per heavy atom. The van der Waals surface area contributed by atoms with Gasteiger partial charge in [0.2, 0.25) is 0 Å². The number of unbranched alkanes of at least 4 members (excludes halogenated alkanes) is 1. The quantitative estimate of drug-likeness (QED) is 0.640. The van der Waals surface area contributed by atoms with Gasteiger partial charge >= 0.3 is 0 Å². The first-order chi connectivity index (χ1) is 8.26. The van der Waals surface area contributed by atoms with Gasteiger partial charge in [0, 0.05) is 12.8 Å². The summed E-state index contributed by atoms with van der Waals surface area (Å²) in [6, 6.07) is 8.21. The Labute approximate surface area is 104 Å². The summed E-state index contributed by atoms with van der Waals surface area (Å²) in [4.78, 5) is 11.1. The van der Waals surface area contributed by atoms with E-state index in [9.17, 15) is 4.79 Å². The SMILES string of the molecule is CCOc1cccc(CCCCC(=O)CC)c1. The van der Waals surface area contributed by atoms with Crippen LogP contribution in [0, 0.1) is 0 Å². The normalized spacial score (nSPS) is 10.2. The van der Waals surface area contributed by atoms with E-state index in [1.807, 2.05) is 26.0 Å². The Bertz CT molecular complexity index is 345. The Balaban J connectivity index is 2.31. The van der Waals surface area contributed by atoms with Crippen LogP contribution in [0.15, 0.2) is 24.3 Å². The summed E-state index contributed by atoms with van der Waals surface area (Å²) in [6.07, 6.45) is 4.48. The van der Waals surface area contributed by atoms with Crippen molar-refractivity contribution in [2.75, 3.05) is 6.61 Å². The number of ether oxygens (including phenoxy) is 1. The molecular weight excluding hydrogens is 212 g/mol. The molecule has 94 valence electrons. The lowest BCUT2D eigenvalue weighted by Crippen LogP contribution is -1.96. The van der Waals surface area contributed by atoms with Crippen LogP contribution < -0.4 is 4.74 Å². The molecule has 0 saturated heterocycles. The number of rotatable bonds is 8. The number of aryl methyl sites for hydroxylation is 1. The van der Waals surface area contributed by atoms with E-state index in [0.29, 0.717) is 18.8 Å². The molecule has 1 aromatic carbocycles. The fraction of sp³-hybridized carbons (Fsp3) is 0.533. The van der Waals surface area contributed by atoms with E-state index < -0.39 is 0 Å². The van der Waals surface area contributed by atoms with Crippen LogP contribution in [0.25, 0.3) is 0 Å². The van der Waals surface area contributed by atoms with Crippen LogP contribution in [0.1, 0.15) is 45.1 Å². The van der Waals surface area contributed by atoms with Gasteiger partial charge < -0.3 is 4.74 Å². The Morgan fingerprint density at radius 2 is 2.06 bits per heavy atom. The summed E-state index contributed by atoms with van der Waals surface area (Å²) in [7, 11) is 0. The second-order valence-electron chi connectivity index (χ2n) is 4.18. The monoisotopic (exact) mass is 234 g/mol. The summed E-state index contributed by atoms with van der Waals surface area (Å²) in [5.74, 6) is 1.31. The Hall–Kier alpha value is -1.31. The molecule has 17 heavy (non-hydrogen) atoms. The highest BCUT2D eigenvalue weighted by atomic mass is 16.5. The fourth-order valence-corrected chi connectivity index (χ4v) is 1.79. The molecule has 2 nitrogen and oxygen atoms in total. The van der Waals surface area contributed by atoms with Gasteiger partial charge in [-0.2, -0.15) is 0 Å². The third kappa shape index (κ3) is 5.53. The predicted molar refractivity (Wildman–Crippen MR) is 70.5 cm³/mol. The summed E-state index contributed by atoms with van der Waals surface area (Å²) >= 11 is 0. The summed E-state index contributed by atoms with van der Waals surface area (Å²) in [6.45, 7) is 4.62. The van der Waals surface area contributed by atoms with Crippen molar-refractivity contribution in [1.29, 1.82) is 0 Å². The van der Waals surface area contributed by atoms with E-state index in [-0.39, 0.29) is 0 Å². The van der Waals surface area contributed by atoms with Gasteiger partial charge in [-0.15, -0.1) is 0 Å². The lowest BCUT2D eigenvalue weighted by atomic mass is 10.0. The molecule has 0 aromatic heterocycles. The topological polar surface area (TPSA) is 26.3 Å². The highest BCUT2D eigenvalue weighted by molar-refractivity contribution is 5.77. The number of hydrogen-bond donors (Lipinski definition) is 0. The summed E-state index contributed by atoms with van der Waals surface area (Å²) in [5, 5.41) is 0. The average Bonchev–Trinajstić information content (AvgIpc) is 2.35. The lowest BCUT2D eigenvalue weighted by Gasteiger charge is -2.05. The highest BCUT2D eigenvalue weighted by Gasteiger charge is 2.00. The number of Topliss-reactive ketones (excluding diaryl/α,β-unsaturated/α-hetero) is 1. The van der Waals surface area contributed by atoms with Crippen molar-refractivity contribution >= 4 is 5.78 Å². The Morgan fingerprint density at radius 1 is 1.24 bits per heavy atom. The zero-order chi connectivity index (χ0) is 12.5. The van der Waals surface area contributed by atoms with Crippen LogP contribution in [-0.2, 0) is 11.2 Å². The van der Waals surface area contributed by atoms with Crippen molar-refractivity contribution in [1.82, 2.24) is 0 Å². The van der Waals surface area contributed by atoms with Gasteiger partial charge in [-0.3, -0.25) is 4.79 Å². The molecule has 0 spiro atoms. The molecule has 0 N–H and O–H groups in total. The fourth-order valence-electron chi connectivity index (χ4n) is 1.79. The first kappa shape index (κ1) is 13.8. The van der Waals surface area contributed by atoms with Crippen LogP contribution in [-0.4, -0.2) is 12.4 Å². The third-order valence-electron chi connectivity index (χ3n) is 2.77. The molecule has 1 aromatic rings. The van der Waals surface area contributed by atoms with Crippen molar-refractivity contribution in [3.63, 3.8) is 0 Å². The molecule has 2 heteroatoms. The second kappa shape index (κ2) is 7.88. The van der Waals surface area contributed by atoms with Crippen molar-refractivity contribution < 1.29 is 9.53 Å². The smallest absolute Gasteiger partial charge is 0.132 e. The molecule has 0 heterocycles. The minimum absolute atomic E-state index is 0.369. The summed E-state index contributed by atoms with van der Waals surface area (Å²) < 4.78 is 5.45. The number of benzene rings is 1. The maximum atomic E-state index is 11.1. The van der Waals surface area contributed by atoms with E-state index in [1.165, 1.54) is 5.56 Å². The van der Waals surface area contributed by atoms with Crippen LogP contribution in [0.2, 0.25) is 0 Å². The van der Waals surface area contributed by atoms with Gasteiger partial charge in [0.1, 0.15) is 11.5 Å². The van der Waals surface area contributed by atoms with Gasteiger partial charge in [-0.25, -0.2) is 0 Å². The van der Waals surface area contributed by atoms with Gasteiger partial charge in [-0.05, 0) is 43.9 Å². The molecule has 0 fully saturated rings. The minimum atomic E-state index is 0.369. The molecule has 0 amide bonds. The molecule has 0 aliphatic heterocycles. The minimum Gasteiger partial charge on any atom is -0.494 e. The van der Waals surface area contributed by atoms with Gasteiger partial charge in [0.15, 0.2) is 0 Å². The van der Waals surface area contributed by atoms with Crippen LogP contribution >= 0.6 is 0 Å². The summed E-state index contributed by atoms with van der Waals surface area (Å²) in [5.41, 5.74) is 1.29. The number of carbonyl (C=O) groups is 1. The van der Waals surface area contributed by atoms with Crippen molar-refractivity contribution in [3.8, 4) is 5.75 Å². The second-order valence-corrected chi connectivity index (χ2v) is 4.18. The standard InChI is InChI=1S/C15H22O2/c1-3-14(16)10-6-5-8-13-9-7-11-15(12-13)17-4-2/h7,9,11-12H,3-6,8,10H2,1-2H3. The van der Waals surface area contributed by atoms with Crippen LogP contribution in [0.4, 0.5) is 0 Å². The maximum Gasteiger partial charge on any atom is 0.132 e. The molecule has 0 saturated carbocycles. The zero-order valence-electron chi connectivity index (χ0n) is 10.9. The number of carbonyl (C=O) groups excluding carboxylic acids is 1.